The maximum absolute atomic E-state index is 14.2. The number of anilines is 1. The van der Waals surface area contributed by atoms with Crippen LogP contribution in [0.25, 0.3) is 21.9 Å². The highest BCUT2D eigenvalue weighted by Crippen LogP contribution is 2.44. The normalized spacial score (nSPS) is 10.8. The second kappa shape index (κ2) is 15.3. The largest absolute Gasteiger partial charge is 0.493 e. The fourth-order valence-corrected chi connectivity index (χ4v) is 5.72. The number of hydrogen-bond acceptors (Lipinski definition) is 10. The van der Waals surface area contributed by atoms with Gasteiger partial charge in [-0.1, -0.05) is 6.07 Å². The molecule has 0 unspecified atom stereocenters. The molecule has 0 radical (unpaired) electrons. The van der Waals surface area contributed by atoms with Gasteiger partial charge in [-0.25, -0.2) is 4.98 Å². The number of pyridine rings is 4. The van der Waals surface area contributed by atoms with Crippen molar-refractivity contribution in [1.82, 2.24) is 25.3 Å². The molecule has 11 nitrogen and oxygen atoms in total. The second-order valence-corrected chi connectivity index (χ2v) is 11.6. The molecule has 254 valence electrons. The van der Waals surface area contributed by atoms with Crippen molar-refractivity contribution < 1.29 is 23.7 Å². The molecule has 2 aromatic carbocycles. The van der Waals surface area contributed by atoms with Crippen LogP contribution in [0.2, 0.25) is 0 Å². The smallest absolute Gasteiger partial charge is 0.270 e. The number of nitrogens with zero attached hydrogens (tertiary/aromatic N) is 4. The summed E-state index contributed by atoms with van der Waals surface area (Å²) in [6.45, 7) is 4.88. The number of ether oxygens (including phenoxy) is 4. The Balaban J connectivity index is 1.52. The van der Waals surface area contributed by atoms with Gasteiger partial charge in [0.25, 0.3) is 5.91 Å². The van der Waals surface area contributed by atoms with Gasteiger partial charge in [-0.2, -0.15) is 0 Å². The summed E-state index contributed by atoms with van der Waals surface area (Å²) in [5.74, 6) is 2.10. The summed E-state index contributed by atoms with van der Waals surface area (Å²) < 4.78 is 23.2. The molecule has 0 saturated heterocycles. The van der Waals surface area contributed by atoms with Crippen molar-refractivity contribution >= 4 is 22.5 Å². The van der Waals surface area contributed by atoms with Gasteiger partial charge < -0.3 is 29.6 Å². The lowest BCUT2D eigenvalue weighted by molar-refractivity contribution is 0.0947. The maximum Gasteiger partial charge on any atom is 0.270 e. The second-order valence-electron chi connectivity index (χ2n) is 11.6. The number of benzene rings is 2. The minimum Gasteiger partial charge on any atom is -0.493 e. The van der Waals surface area contributed by atoms with Crippen molar-refractivity contribution in [1.29, 1.82) is 0 Å². The Hall–Kier alpha value is -6.23. The molecule has 0 atom stereocenters. The molecule has 0 saturated carbocycles. The third-order valence-electron chi connectivity index (χ3n) is 8.09. The van der Waals surface area contributed by atoms with Crippen molar-refractivity contribution in [2.24, 2.45) is 0 Å². The number of nitrogens with one attached hydrogen (secondary N) is 2. The third kappa shape index (κ3) is 7.57. The van der Waals surface area contributed by atoms with Crippen LogP contribution in [-0.4, -0.2) is 47.2 Å². The fourth-order valence-electron chi connectivity index (χ4n) is 5.72. The number of hydrogen-bond donors (Lipinski definition) is 2. The van der Waals surface area contributed by atoms with Crippen LogP contribution in [0, 0.1) is 13.8 Å². The average molecular weight is 671 g/mol. The van der Waals surface area contributed by atoms with E-state index in [0.29, 0.717) is 46.5 Å². The quantitative estimate of drug-likeness (QED) is 0.135. The summed E-state index contributed by atoms with van der Waals surface area (Å²) in [6.07, 6.45) is 5.23. The topological polar surface area (TPSA) is 130 Å². The van der Waals surface area contributed by atoms with Gasteiger partial charge in [0.2, 0.25) is 5.75 Å². The highest BCUT2D eigenvalue weighted by molar-refractivity contribution is 6.11. The molecule has 1 amide bonds. The van der Waals surface area contributed by atoms with E-state index in [-0.39, 0.29) is 24.8 Å². The van der Waals surface area contributed by atoms with Crippen LogP contribution in [-0.2, 0) is 19.7 Å². The van der Waals surface area contributed by atoms with Gasteiger partial charge >= 0.3 is 0 Å². The van der Waals surface area contributed by atoms with Crippen LogP contribution in [0.4, 0.5) is 5.82 Å². The van der Waals surface area contributed by atoms with Crippen molar-refractivity contribution in [2.45, 2.75) is 33.5 Å². The Labute approximate surface area is 290 Å². The number of aromatic nitrogens is 4. The molecule has 0 aliphatic rings. The van der Waals surface area contributed by atoms with E-state index in [1.807, 2.05) is 86.6 Å². The molecule has 4 aromatic heterocycles. The molecule has 0 aliphatic heterocycles. The van der Waals surface area contributed by atoms with E-state index >= 15 is 0 Å². The van der Waals surface area contributed by atoms with Crippen LogP contribution < -0.4 is 29.6 Å². The predicted molar refractivity (Wildman–Crippen MR) is 192 cm³/mol. The highest BCUT2D eigenvalue weighted by Gasteiger charge is 2.24. The lowest BCUT2D eigenvalue weighted by atomic mass is 9.95. The Morgan fingerprint density at radius 2 is 1.42 bits per heavy atom. The van der Waals surface area contributed by atoms with E-state index < -0.39 is 0 Å². The molecule has 50 heavy (non-hydrogen) atoms. The van der Waals surface area contributed by atoms with Gasteiger partial charge in [-0.15, -0.1) is 0 Å². The van der Waals surface area contributed by atoms with Gasteiger partial charge in [0.1, 0.15) is 23.9 Å². The first-order valence-electron chi connectivity index (χ1n) is 16.0. The summed E-state index contributed by atoms with van der Waals surface area (Å²) in [7, 11) is 4.66. The molecule has 0 bridgehead atoms. The maximum atomic E-state index is 14.2. The molecule has 0 fully saturated rings. The summed E-state index contributed by atoms with van der Waals surface area (Å²) in [4.78, 5) is 32.2. The Bertz CT molecular complexity index is 2120. The summed E-state index contributed by atoms with van der Waals surface area (Å²) in [5.41, 5.74) is 5.95. The van der Waals surface area contributed by atoms with Gasteiger partial charge in [0.05, 0.1) is 27.0 Å². The van der Waals surface area contributed by atoms with Gasteiger partial charge in [-0.05, 0) is 103 Å². The number of carbonyl (C=O) groups is 1. The number of rotatable bonds is 13. The summed E-state index contributed by atoms with van der Waals surface area (Å²) >= 11 is 0. The number of amides is 1. The Morgan fingerprint density at radius 3 is 2.04 bits per heavy atom. The van der Waals surface area contributed by atoms with E-state index in [4.69, 9.17) is 23.9 Å². The van der Waals surface area contributed by atoms with Gasteiger partial charge in [-0.3, -0.25) is 19.7 Å². The predicted octanol–water partition coefficient (Wildman–Crippen LogP) is 6.85. The molecular weight excluding hydrogens is 632 g/mol. The lowest BCUT2D eigenvalue weighted by Gasteiger charge is -2.20. The molecule has 6 aromatic rings. The fraction of sp³-hybridized carbons (Fsp3) is 0.205. The summed E-state index contributed by atoms with van der Waals surface area (Å²) in [6, 6.07) is 22.8. The monoisotopic (exact) mass is 670 g/mol. The van der Waals surface area contributed by atoms with Gasteiger partial charge in [0, 0.05) is 54.0 Å². The zero-order chi connectivity index (χ0) is 35.0. The van der Waals surface area contributed by atoms with Gasteiger partial charge in [0.15, 0.2) is 11.5 Å². The van der Waals surface area contributed by atoms with E-state index in [9.17, 15) is 4.79 Å². The first kappa shape index (κ1) is 33.7. The Morgan fingerprint density at radius 1 is 0.720 bits per heavy atom. The van der Waals surface area contributed by atoms with Crippen molar-refractivity contribution in [3.63, 3.8) is 0 Å². The van der Waals surface area contributed by atoms with Crippen molar-refractivity contribution in [3.8, 4) is 34.1 Å². The van der Waals surface area contributed by atoms with Crippen LogP contribution >= 0.6 is 0 Å². The number of fused-ring (bicyclic) bond motifs is 1. The third-order valence-corrected chi connectivity index (χ3v) is 8.09. The Kier molecular flexibility index (Phi) is 10.3. The molecule has 6 rings (SSSR count). The molecule has 4 heterocycles. The zero-order valence-corrected chi connectivity index (χ0v) is 28.6. The SMILES string of the molecule is COc1cc(-c2c(C(=O)NCc3ccnc(C)c3)nc(NCc3ccnc(C)c3)c3cc(OCc4ccccn4)ccc23)cc(OC)c1OC. The first-order valence-corrected chi connectivity index (χ1v) is 16.0. The van der Waals surface area contributed by atoms with E-state index in [1.54, 1.807) is 39.9 Å². The van der Waals surface area contributed by atoms with E-state index in [0.717, 1.165) is 39.0 Å². The molecule has 2 N–H and O–H groups in total. The molecule has 0 spiro atoms. The first-order chi connectivity index (χ1) is 24.4. The molecule has 0 aliphatic carbocycles. The standard InChI is InChI=1S/C39H38N6O5/c1-24-16-26(11-14-40-24)21-43-38-32-20-30(50-23-29-8-6-7-13-42-29)9-10-31(32)35(28-18-33(47-3)37(49-5)34(19-28)48-4)36(45-38)39(46)44-22-27-12-15-41-25(2)17-27/h6-20H,21-23H2,1-5H3,(H,43,45)(H,44,46). The minimum absolute atomic E-state index is 0.216. The minimum atomic E-state index is -0.358. The summed E-state index contributed by atoms with van der Waals surface area (Å²) in [5, 5.41) is 8.07. The van der Waals surface area contributed by atoms with Crippen LogP contribution in [0.15, 0.2) is 91.4 Å². The highest BCUT2D eigenvalue weighted by atomic mass is 16.5. The van der Waals surface area contributed by atoms with Crippen LogP contribution in [0.1, 0.15) is 38.7 Å². The van der Waals surface area contributed by atoms with Crippen LogP contribution in [0.5, 0.6) is 23.0 Å². The molecule has 11 heteroatoms. The average Bonchev–Trinajstić information content (AvgIpc) is 3.14. The number of methoxy groups -OCH3 is 3. The van der Waals surface area contributed by atoms with Crippen molar-refractivity contribution in [3.05, 3.63) is 125 Å². The lowest BCUT2D eigenvalue weighted by Crippen LogP contribution is -2.25. The van der Waals surface area contributed by atoms with Crippen LogP contribution in [0.3, 0.4) is 0 Å². The van der Waals surface area contributed by atoms with Crippen molar-refractivity contribution in [2.75, 3.05) is 26.6 Å². The zero-order valence-electron chi connectivity index (χ0n) is 28.6. The number of carbonyl (C=O) groups excluding carboxylic acids is 1. The molecular formula is C39H38N6O5. The number of aryl methyl sites for hydroxylation is 2. The van der Waals surface area contributed by atoms with E-state index in [1.165, 1.54) is 0 Å². The van der Waals surface area contributed by atoms with E-state index in [2.05, 4.69) is 25.6 Å².